The average Bonchev–Trinajstić information content (AvgIpc) is 2.67. The molecule has 3 rings (SSSR count). The summed E-state index contributed by atoms with van der Waals surface area (Å²) in [5.41, 5.74) is 3.24. The Labute approximate surface area is 161 Å². The minimum absolute atomic E-state index is 0.0248. The monoisotopic (exact) mass is 391 g/mol. The molecule has 1 aliphatic rings. The van der Waals surface area contributed by atoms with Crippen molar-refractivity contribution in [2.45, 2.75) is 25.6 Å². The van der Waals surface area contributed by atoms with Crippen molar-refractivity contribution in [2.75, 3.05) is 25.6 Å². The summed E-state index contributed by atoms with van der Waals surface area (Å²) in [5.74, 6) is -0.293. The molecule has 0 aromatic heterocycles. The molecule has 1 saturated heterocycles. The summed E-state index contributed by atoms with van der Waals surface area (Å²) < 4.78 is 40.3. The van der Waals surface area contributed by atoms with Gasteiger partial charge in [-0.15, -0.1) is 0 Å². The molecule has 1 unspecified atom stereocenters. The highest BCUT2D eigenvalue weighted by Crippen LogP contribution is 2.24. The first kappa shape index (κ1) is 20.1. The van der Waals surface area contributed by atoms with E-state index < -0.39 is 11.1 Å². The summed E-state index contributed by atoms with van der Waals surface area (Å²) in [7, 11) is 0. The van der Waals surface area contributed by atoms with Crippen molar-refractivity contribution >= 4 is 11.1 Å². The van der Waals surface area contributed by atoms with Crippen LogP contribution >= 0.6 is 0 Å². The van der Waals surface area contributed by atoms with E-state index in [4.69, 9.17) is 4.74 Å². The van der Waals surface area contributed by atoms with Gasteiger partial charge in [0.2, 0.25) is 0 Å². The lowest BCUT2D eigenvalue weighted by molar-refractivity contribution is -0.0329. The fourth-order valence-corrected chi connectivity index (χ4v) is 3.59. The molecule has 0 aliphatic carbocycles. The van der Waals surface area contributed by atoms with Gasteiger partial charge in [0.15, 0.2) is 0 Å². The molecule has 0 bridgehead atoms. The fraction of sp³-hybridized carbons (Fsp3) is 0.400. The smallest absolute Gasteiger partial charge is 0.123 e. The van der Waals surface area contributed by atoms with Crippen LogP contribution in [0.5, 0.6) is 0 Å². The highest BCUT2D eigenvalue weighted by atomic mass is 32.2. The molecule has 0 amide bonds. The maximum atomic E-state index is 13.1. The molecule has 2 aromatic carbocycles. The van der Waals surface area contributed by atoms with E-state index in [1.54, 1.807) is 12.1 Å². The van der Waals surface area contributed by atoms with Crippen LogP contribution in [0.4, 0.5) is 4.39 Å². The lowest BCUT2D eigenvalue weighted by Gasteiger charge is -2.33. The van der Waals surface area contributed by atoms with Crippen molar-refractivity contribution in [3.05, 3.63) is 71.0 Å². The van der Waals surface area contributed by atoms with E-state index in [1.165, 1.54) is 17.7 Å². The predicted octanol–water partition coefficient (Wildman–Crippen LogP) is 2.89. The molecule has 1 fully saturated rings. The number of hydrogen-bond donors (Lipinski definition) is 1. The minimum atomic E-state index is -2.09. The normalized spacial score (nSPS) is 20.3. The molecule has 0 saturated carbocycles. The van der Waals surface area contributed by atoms with E-state index >= 15 is 0 Å². The quantitative estimate of drug-likeness (QED) is 0.736. The summed E-state index contributed by atoms with van der Waals surface area (Å²) >= 11 is -2.09. The van der Waals surface area contributed by atoms with Gasteiger partial charge in [-0.2, -0.15) is 0 Å². The lowest BCUT2D eigenvalue weighted by atomic mass is 10.0. The third-order valence-electron chi connectivity index (χ3n) is 4.79. The zero-order valence-corrected chi connectivity index (χ0v) is 16.1. The molecule has 5 nitrogen and oxygen atoms in total. The Balaban J connectivity index is 1.56. The van der Waals surface area contributed by atoms with Crippen molar-refractivity contribution in [1.29, 1.82) is 0 Å². The highest BCUT2D eigenvalue weighted by molar-refractivity contribution is 7.79. The topological polar surface area (TPSA) is 64.6 Å². The summed E-state index contributed by atoms with van der Waals surface area (Å²) in [6.07, 6.45) is -0.0455. The van der Waals surface area contributed by atoms with E-state index in [1.807, 2.05) is 19.1 Å². The SMILES string of the molecule is C[C@@H](NCS(=O)[O-])c1ccc(CN2CCO[C@@H](c3ccc(F)cc3)C2)cc1. The number of ether oxygens (including phenoxy) is 1. The highest BCUT2D eigenvalue weighted by Gasteiger charge is 2.22. The van der Waals surface area contributed by atoms with Gasteiger partial charge in [-0.3, -0.25) is 9.11 Å². The summed E-state index contributed by atoms with van der Waals surface area (Å²) in [4.78, 5) is 2.33. The van der Waals surface area contributed by atoms with Crippen molar-refractivity contribution in [2.24, 2.45) is 0 Å². The Kier molecular flexibility index (Phi) is 7.09. The van der Waals surface area contributed by atoms with Crippen LogP contribution in [0.1, 0.15) is 35.8 Å². The molecule has 146 valence electrons. The molecular weight excluding hydrogens is 367 g/mol. The standard InChI is InChI=1S/C20H25FN2O3S/c1-15(22-14-27(24)25)17-4-2-16(3-5-17)12-23-10-11-26-20(13-23)18-6-8-19(21)9-7-18/h2-9,15,20,22H,10-14H2,1H3,(H,24,25)/p-1/t15-,20-/m1/s1. The Bertz CT molecular complexity index is 755. The third kappa shape index (κ3) is 5.92. The Hall–Kier alpha value is -1.64. The third-order valence-corrected chi connectivity index (χ3v) is 5.19. The Morgan fingerprint density at radius 1 is 1.26 bits per heavy atom. The molecule has 1 aliphatic heterocycles. The van der Waals surface area contributed by atoms with Crippen molar-refractivity contribution in [3.8, 4) is 0 Å². The summed E-state index contributed by atoms with van der Waals surface area (Å²) in [6, 6.07) is 14.7. The van der Waals surface area contributed by atoms with E-state index in [2.05, 4.69) is 22.3 Å². The van der Waals surface area contributed by atoms with Crippen LogP contribution in [0.2, 0.25) is 0 Å². The van der Waals surface area contributed by atoms with Gasteiger partial charge in [0.25, 0.3) is 0 Å². The van der Waals surface area contributed by atoms with Crippen molar-refractivity contribution < 1.29 is 17.9 Å². The second-order valence-electron chi connectivity index (χ2n) is 6.76. The predicted molar refractivity (Wildman–Crippen MR) is 102 cm³/mol. The van der Waals surface area contributed by atoms with E-state index in [9.17, 15) is 13.2 Å². The number of hydrogen-bond acceptors (Lipinski definition) is 5. The first-order valence-electron chi connectivity index (χ1n) is 8.99. The molecule has 3 atom stereocenters. The molecule has 0 radical (unpaired) electrons. The number of benzene rings is 2. The molecule has 1 N–H and O–H groups in total. The second kappa shape index (κ2) is 9.52. The van der Waals surface area contributed by atoms with E-state index in [0.29, 0.717) is 6.61 Å². The van der Waals surface area contributed by atoms with Gasteiger partial charge in [-0.1, -0.05) is 36.4 Å². The number of halogens is 1. The van der Waals surface area contributed by atoms with Crippen LogP contribution in [0.3, 0.4) is 0 Å². The van der Waals surface area contributed by atoms with Gasteiger partial charge in [0.1, 0.15) is 5.82 Å². The maximum Gasteiger partial charge on any atom is 0.123 e. The van der Waals surface area contributed by atoms with Gasteiger partial charge in [0.05, 0.1) is 18.6 Å². The molecule has 7 heteroatoms. The second-order valence-corrected chi connectivity index (χ2v) is 7.66. The number of nitrogens with zero attached hydrogens (tertiary/aromatic N) is 1. The lowest BCUT2D eigenvalue weighted by Crippen LogP contribution is -2.37. The first-order chi connectivity index (χ1) is 13.0. The molecular formula is C20H24FN2O3S-. The van der Waals surface area contributed by atoms with Crippen LogP contribution in [0.25, 0.3) is 0 Å². The number of nitrogens with one attached hydrogen (secondary N) is 1. The molecule has 2 aromatic rings. The molecule has 1 heterocycles. The minimum Gasteiger partial charge on any atom is -0.771 e. The van der Waals surface area contributed by atoms with Crippen LogP contribution < -0.4 is 5.32 Å². The zero-order chi connectivity index (χ0) is 19.2. The first-order valence-corrected chi connectivity index (χ1v) is 10.2. The largest absolute Gasteiger partial charge is 0.771 e. The van der Waals surface area contributed by atoms with Crippen molar-refractivity contribution in [3.63, 3.8) is 0 Å². The number of rotatable bonds is 7. The Morgan fingerprint density at radius 2 is 1.96 bits per heavy atom. The van der Waals surface area contributed by atoms with E-state index in [0.717, 1.165) is 30.8 Å². The zero-order valence-electron chi connectivity index (χ0n) is 15.3. The summed E-state index contributed by atoms with van der Waals surface area (Å²) in [5, 5.41) is 2.96. The van der Waals surface area contributed by atoms with Gasteiger partial charge < -0.3 is 14.6 Å². The maximum absolute atomic E-state index is 13.1. The van der Waals surface area contributed by atoms with Gasteiger partial charge >= 0.3 is 0 Å². The van der Waals surface area contributed by atoms with Gasteiger partial charge in [-0.25, -0.2) is 4.39 Å². The van der Waals surface area contributed by atoms with Crippen LogP contribution in [-0.2, 0) is 22.4 Å². The van der Waals surface area contributed by atoms with E-state index in [-0.39, 0.29) is 23.8 Å². The molecule has 27 heavy (non-hydrogen) atoms. The van der Waals surface area contributed by atoms with Crippen LogP contribution in [0, 0.1) is 5.82 Å². The van der Waals surface area contributed by atoms with Crippen LogP contribution in [-0.4, -0.2) is 39.2 Å². The summed E-state index contributed by atoms with van der Waals surface area (Å²) in [6.45, 7) is 5.02. The van der Waals surface area contributed by atoms with Gasteiger partial charge in [0, 0.05) is 25.7 Å². The fourth-order valence-electron chi connectivity index (χ4n) is 3.21. The average molecular weight is 391 g/mol. The van der Waals surface area contributed by atoms with Crippen molar-refractivity contribution in [1.82, 2.24) is 10.2 Å². The van der Waals surface area contributed by atoms with Gasteiger partial charge in [-0.05, 0) is 46.8 Å². The van der Waals surface area contributed by atoms with Crippen LogP contribution in [0.15, 0.2) is 48.5 Å². The Morgan fingerprint density at radius 3 is 2.63 bits per heavy atom. The molecule has 0 spiro atoms. The number of morpholine rings is 1.